The van der Waals surface area contributed by atoms with Gasteiger partial charge < -0.3 is 9.64 Å². The SMILES string of the molecule is CC1(C)c2ccccc2-c2cc(-c3cccc4c3OCCB4c3ccccc3)c(-c3cccc(N(c4ccccc4)c4ccc5ccc6ccccc6c5c4)c3)cc21. The summed E-state index contributed by atoms with van der Waals surface area (Å²) < 4.78 is 6.72. The summed E-state index contributed by atoms with van der Waals surface area (Å²) in [6, 6.07) is 71.5. The van der Waals surface area contributed by atoms with Crippen molar-refractivity contribution in [2.24, 2.45) is 0 Å². The van der Waals surface area contributed by atoms with Gasteiger partial charge in [-0.3, -0.25) is 0 Å². The third kappa shape index (κ3) is 5.56. The third-order valence-corrected chi connectivity index (χ3v) is 12.7. The molecule has 3 heteroatoms. The molecule has 1 heterocycles. The van der Waals surface area contributed by atoms with Crippen LogP contribution in [0, 0.1) is 0 Å². The molecular weight excluding hydrogens is 701 g/mol. The molecule has 0 unspecified atom stereocenters. The summed E-state index contributed by atoms with van der Waals surface area (Å²) in [5.74, 6) is 1.000. The van der Waals surface area contributed by atoms with E-state index in [1.54, 1.807) is 0 Å². The van der Waals surface area contributed by atoms with Crippen molar-refractivity contribution in [3.8, 4) is 39.1 Å². The lowest BCUT2D eigenvalue weighted by Gasteiger charge is -2.28. The van der Waals surface area contributed by atoms with E-state index in [9.17, 15) is 0 Å². The zero-order valence-corrected chi connectivity index (χ0v) is 32.8. The van der Waals surface area contributed by atoms with Crippen molar-refractivity contribution < 1.29 is 4.74 Å². The van der Waals surface area contributed by atoms with Gasteiger partial charge in [0.05, 0.1) is 6.61 Å². The molecule has 11 rings (SSSR count). The van der Waals surface area contributed by atoms with Crippen LogP contribution in [0.25, 0.3) is 54.9 Å². The van der Waals surface area contributed by atoms with Crippen LogP contribution < -0.4 is 20.6 Å². The maximum absolute atomic E-state index is 6.72. The molecule has 9 aromatic rings. The van der Waals surface area contributed by atoms with Gasteiger partial charge in [-0.05, 0) is 121 Å². The maximum atomic E-state index is 6.72. The fourth-order valence-electron chi connectivity index (χ4n) is 9.84. The number of ether oxygens (including phenoxy) is 1. The Morgan fingerprint density at radius 1 is 0.466 bits per heavy atom. The number of para-hydroxylation sites is 2. The van der Waals surface area contributed by atoms with Gasteiger partial charge in [0.25, 0.3) is 0 Å². The van der Waals surface area contributed by atoms with E-state index in [2.05, 4.69) is 213 Å². The van der Waals surface area contributed by atoms with Crippen molar-refractivity contribution in [1.29, 1.82) is 0 Å². The molecule has 0 saturated heterocycles. The molecule has 1 aliphatic heterocycles. The Morgan fingerprint density at radius 2 is 1.14 bits per heavy atom. The van der Waals surface area contributed by atoms with Crippen LogP contribution in [0.5, 0.6) is 5.75 Å². The Kier molecular flexibility index (Phi) is 8.11. The lowest BCUT2D eigenvalue weighted by Crippen LogP contribution is -2.46. The Balaban J connectivity index is 1.13. The van der Waals surface area contributed by atoms with Gasteiger partial charge in [-0.15, -0.1) is 0 Å². The highest BCUT2D eigenvalue weighted by Gasteiger charge is 2.37. The van der Waals surface area contributed by atoms with Gasteiger partial charge in [-0.2, -0.15) is 0 Å². The summed E-state index contributed by atoms with van der Waals surface area (Å²) in [6.45, 7) is 5.71. The number of rotatable bonds is 6. The minimum atomic E-state index is -0.147. The second kappa shape index (κ2) is 13.7. The summed E-state index contributed by atoms with van der Waals surface area (Å²) in [6.07, 6.45) is 0.959. The van der Waals surface area contributed by atoms with E-state index >= 15 is 0 Å². The molecule has 2 nitrogen and oxygen atoms in total. The average molecular weight is 744 g/mol. The number of benzene rings is 9. The summed E-state index contributed by atoms with van der Waals surface area (Å²) in [5, 5.41) is 4.99. The minimum absolute atomic E-state index is 0.147. The lowest BCUT2D eigenvalue weighted by molar-refractivity contribution is 0.338. The van der Waals surface area contributed by atoms with E-state index in [4.69, 9.17) is 4.74 Å². The fraction of sp³-hybridized carbons (Fsp3) is 0.0909. The molecule has 0 bridgehead atoms. The van der Waals surface area contributed by atoms with E-state index in [1.807, 2.05) is 0 Å². The average Bonchev–Trinajstić information content (AvgIpc) is 3.51. The van der Waals surface area contributed by atoms with E-state index in [0.29, 0.717) is 6.61 Å². The predicted octanol–water partition coefficient (Wildman–Crippen LogP) is 13.1. The van der Waals surface area contributed by atoms with Crippen LogP contribution in [0.1, 0.15) is 25.0 Å². The van der Waals surface area contributed by atoms with Crippen LogP contribution in [0.4, 0.5) is 17.1 Å². The number of hydrogen-bond donors (Lipinski definition) is 0. The zero-order chi connectivity index (χ0) is 38.8. The molecular formula is C55H42BNO. The van der Waals surface area contributed by atoms with Crippen molar-refractivity contribution >= 4 is 56.2 Å². The molecule has 0 N–H and O–H groups in total. The molecule has 2 aliphatic rings. The summed E-state index contributed by atoms with van der Waals surface area (Å²) in [5.41, 5.74) is 15.8. The van der Waals surface area contributed by atoms with Crippen molar-refractivity contribution in [3.05, 3.63) is 205 Å². The van der Waals surface area contributed by atoms with Crippen LogP contribution in [0.15, 0.2) is 194 Å². The predicted molar refractivity (Wildman–Crippen MR) is 246 cm³/mol. The van der Waals surface area contributed by atoms with Crippen LogP contribution in [-0.4, -0.2) is 13.3 Å². The summed E-state index contributed by atoms with van der Waals surface area (Å²) in [4.78, 5) is 2.40. The van der Waals surface area contributed by atoms with Gasteiger partial charge in [0.2, 0.25) is 6.71 Å². The second-order valence-electron chi connectivity index (χ2n) is 16.4. The van der Waals surface area contributed by atoms with Crippen molar-refractivity contribution in [2.75, 3.05) is 11.5 Å². The molecule has 0 atom stereocenters. The van der Waals surface area contributed by atoms with Crippen LogP contribution in [0.2, 0.25) is 6.32 Å². The largest absolute Gasteiger partial charge is 0.494 e. The Morgan fingerprint density at radius 3 is 2.00 bits per heavy atom. The first kappa shape index (κ1) is 34.4. The van der Waals surface area contributed by atoms with Crippen molar-refractivity contribution in [2.45, 2.75) is 25.6 Å². The number of hydrogen-bond acceptors (Lipinski definition) is 2. The van der Waals surface area contributed by atoms with E-state index in [0.717, 1.165) is 34.7 Å². The van der Waals surface area contributed by atoms with E-state index < -0.39 is 0 Å². The molecule has 0 aromatic heterocycles. The monoisotopic (exact) mass is 743 g/mol. The topological polar surface area (TPSA) is 12.5 Å². The molecule has 1 aliphatic carbocycles. The number of anilines is 3. The van der Waals surface area contributed by atoms with E-state index in [-0.39, 0.29) is 12.1 Å². The molecule has 276 valence electrons. The highest BCUT2D eigenvalue weighted by molar-refractivity contribution is 6.86. The smallest absolute Gasteiger partial charge is 0.217 e. The molecule has 0 amide bonds. The molecule has 9 aromatic carbocycles. The van der Waals surface area contributed by atoms with Gasteiger partial charge in [-0.25, -0.2) is 0 Å². The number of fused-ring (bicyclic) bond motifs is 7. The van der Waals surface area contributed by atoms with E-state index in [1.165, 1.54) is 71.4 Å². The molecule has 0 fully saturated rings. The Bertz CT molecular complexity index is 3020. The van der Waals surface area contributed by atoms with Crippen molar-refractivity contribution in [3.63, 3.8) is 0 Å². The first-order valence-corrected chi connectivity index (χ1v) is 20.5. The highest BCUT2D eigenvalue weighted by Crippen LogP contribution is 2.53. The molecule has 0 saturated carbocycles. The highest BCUT2D eigenvalue weighted by atomic mass is 16.5. The molecule has 0 radical (unpaired) electrons. The van der Waals surface area contributed by atoms with Gasteiger partial charge in [0.1, 0.15) is 5.75 Å². The lowest BCUT2D eigenvalue weighted by atomic mass is 9.38. The van der Waals surface area contributed by atoms with Crippen molar-refractivity contribution in [1.82, 2.24) is 0 Å². The molecule has 58 heavy (non-hydrogen) atoms. The summed E-state index contributed by atoms with van der Waals surface area (Å²) in [7, 11) is 0. The first-order valence-electron chi connectivity index (χ1n) is 20.5. The molecule has 0 spiro atoms. The third-order valence-electron chi connectivity index (χ3n) is 12.7. The Hall–Kier alpha value is -6.84. The van der Waals surface area contributed by atoms with Crippen LogP contribution >= 0.6 is 0 Å². The first-order chi connectivity index (χ1) is 28.5. The fourth-order valence-corrected chi connectivity index (χ4v) is 9.84. The Labute approximate surface area is 341 Å². The number of nitrogens with zero attached hydrogens (tertiary/aromatic N) is 1. The minimum Gasteiger partial charge on any atom is -0.494 e. The van der Waals surface area contributed by atoms with Gasteiger partial charge in [-0.1, -0.05) is 165 Å². The van der Waals surface area contributed by atoms with Gasteiger partial charge in [0.15, 0.2) is 0 Å². The quantitative estimate of drug-likeness (QED) is 0.124. The standard InChI is InChI=1S/C55H42BNO/c1-55(2)51-25-12-11-23-45(51)50-35-49(46-24-14-26-53-54(46)58-32-31-56(53)40-17-5-3-6-18-40)48(36-52(50)55)39-16-13-21-42(33-39)57(41-19-7-4-8-20-41)43-30-29-38-28-27-37-15-9-10-22-44(37)47(38)34-43/h3-30,33-36H,31-32H2,1-2H3. The van der Waals surface area contributed by atoms with Crippen LogP contribution in [0.3, 0.4) is 0 Å². The zero-order valence-electron chi connectivity index (χ0n) is 32.8. The second-order valence-corrected chi connectivity index (χ2v) is 16.4. The van der Waals surface area contributed by atoms with Crippen LogP contribution in [-0.2, 0) is 5.41 Å². The van der Waals surface area contributed by atoms with Gasteiger partial charge in [0, 0.05) is 28.0 Å². The maximum Gasteiger partial charge on any atom is 0.217 e. The van der Waals surface area contributed by atoms with Gasteiger partial charge >= 0.3 is 0 Å². The normalized spacial score (nSPS) is 13.8. The summed E-state index contributed by atoms with van der Waals surface area (Å²) >= 11 is 0.